The van der Waals surface area contributed by atoms with Crippen molar-refractivity contribution in [2.45, 2.75) is 25.6 Å². The lowest BCUT2D eigenvalue weighted by Crippen LogP contribution is -2.33. The highest BCUT2D eigenvalue weighted by atomic mass is 19.4. The molecule has 8 nitrogen and oxygen atoms in total. The molecule has 0 aliphatic rings. The molecular formula is C19H16F5N7O. The number of halogens is 5. The highest BCUT2D eigenvalue weighted by molar-refractivity contribution is 6.02. The van der Waals surface area contributed by atoms with Crippen LogP contribution in [0.3, 0.4) is 0 Å². The predicted molar refractivity (Wildman–Crippen MR) is 106 cm³/mol. The Morgan fingerprint density at radius 2 is 2.06 bits per heavy atom. The summed E-state index contributed by atoms with van der Waals surface area (Å²) >= 11 is 0. The van der Waals surface area contributed by atoms with Gasteiger partial charge >= 0.3 is 6.18 Å². The average Bonchev–Trinajstić information content (AvgIpc) is 3.34. The zero-order valence-electron chi connectivity index (χ0n) is 16.4. The third kappa shape index (κ3) is 4.18. The minimum atomic E-state index is -4.45. The number of amides is 1. The van der Waals surface area contributed by atoms with Gasteiger partial charge in [0, 0.05) is 29.5 Å². The number of alkyl halides is 5. The Hall–Kier alpha value is -3.77. The number of pyridine rings is 1. The second-order valence-electron chi connectivity index (χ2n) is 6.97. The molecule has 0 radical (unpaired) electrons. The van der Waals surface area contributed by atoms with Crippen LogP contribution in [0, 0.1) is 0 Å². The summed E-state index contributed by atoms with van der Waals surface area (Å²) in [5.74, 6) is -0.867. The number of nitrogens with one attached hydrogen (secondary N) is 3. The van der Waals surface area contributed by atoms with Crippen molar-refractivity contribution in [2.24, 2.45) is 0 Å². The van der Waals surface area contributed by atoms with Gasteiger partial charge in [-0.1, -0.05) is 0 Å². The van der Waals surface area contributed by atoms with Crippen molar-refractivity contribution in [3.8, 4) is 11.1 Å². The van der Waals surface area contributed by atoms with Crippen LogP contribution in [0.5, 0.6) is 0 Å². The van der Waals surface area contributed by atoms with Crippen LogP contribution >= 0.6 is 0 Å². The Balaban J connectivity index is 1.66. The number of aromatic amines is 1. The Morgan fingerprint density at radius 1 is 1.28 bits per heavy atom. The number of carbonyl (C=O) groups is 1. The number of hydrogen-bond acceptors (Lipinski definition) is 5. The number of anilines is 1. The van der Waals surface area contributed by atoms with E-state index in [0.29, 0.717) is 27.7 Å². The second kappa shape index (κ2) is 8.05. The van der Waals surface area contributed by atoms with Crippen LogP contribution in [0.1, 0.15) is 17.3 Å². The van der Waals surface area contributed by atoms with E-state index in [0.717, 1.165) is 6.92 Å². The molecule has 13 heteroatoms. The molecular weight excluding hydrogens is 437 g/mol. The number of carbonyl (C=O) groups excluding carboxylic acids is 1. The Bertz CT molecular complexity index is 1280. The second-order valence-corrected chi connectivity index (χ2v) is 6.97. The summed E-state index contributed by atoms with van der Waals surface area (Å²) in [5.41, 5.74) is 2.10. The fraction of sp³-hybridized carbons (Fsp3) is 0.263. The van der Waals surface area contributed by atoms with E-state index in [1.54, 1.807) is 24.5 Å². The van der Waals surface area contributed by atoms with E-state index >= 15 is 0 Å². The molecule has 1 atom stereocenters. The summed E-state index contributed by atoms with van der Waals surface area (Å²) in [6.07, 6.45) is -1.27. The fourth-order valence-electron chi connectivity index (χ4n) is 3.08. The molecule has 0 saturated heterocycles. The largest absolute Gasteiger partial charge is 0.408 e. The van der Waals surface area contributed by atoms with Gasteiger partial charge in [-0.2, -0.15) is 23.3 Å². The number of H-pyrrole nitrogens is 1. The van der Waals surface area contributed by atoms with Crippen LogP contribution in [0.4, 0.5) is 27.9 Å². The number of hydrogen-bond donors (Lipinski definition) is 3. The Morgan fingerprint density at radius 3 is 2.78 bits per heavy atom. The molecule has 168 valence electrons. The topological polar surface area (TPSA) is 100 Å². The molecule has 1 amide bonds. The lowest BCUT2D eigenvalue weighted by atomic mass is 10.1. The Labute approximate surface area is 176 Å². The van der Waals surface area contributed by atoms with Crippen molar-refractivity contribution in [1.82, 2.24) is 29.9 Å². The fourth-order valence-corrected chi connectivity index (χ4v) is 3.08. The van der Waals surface area contributed by atoms with Crippen molar-refractivity contribution >= 4 is 28.4 Å². The zero-order valence-corrected chi connectivity index (χ0v) is 16.4. The van der Waals surface area contributed by atoms with Crippen molar-refractivity contribution in [3.63, 3.8) is 0 Å². The van der Waals surface area contributed by atoms with E-state index in [1.807, 2.05) is 0 Å². The van der Waals surface area contributed by atoms with Crippen LogP contribution in [0.15, 0.2) is 36.9 Å². The highest BCUT2D eigenvalue weighted by Gasteiger charge is 2.36. The Kier molecular flexibility index (Phi) is 5.40. The summed E-state index contributed by atoms with van der Waals surface area (Å²) in [6, 6.07) is 1.53. The lowest BCUT2D eigenvalue weighted by Gasteiger charge is -2.16. The molecule has 0 fully saturated rings. The highest BCUT2D eigenvalue weighted by Crippen LogP contribution is 2.30. The maximum atomic E-state index is 12.8. The van der Waals surface area contributed by atoms with E-state index < -0.39 is 31.1 Å². The summed E-state index contributed by atoms with van der Waals surface area (Å²) < 4.78 is 64.5. The van der Waals surface area contributed by atoms with Gasteiger partial charge in [0.2, 0.25) is 5.95 Å². The lowest BCUT2D eigenvalue weighted by molar-refractivity contribution is -0.138. The zero-order chi connectivity index (χ0) is 23.0. The van der Waals surface area contributed by atoms with Crippen molar-refractivity contribution in [3.05, 3.63) is 42.5 Å². The standard InChI is InChI=1S/C19H16F5N7O/c1-9(19(22,23)24)29-18-27-6-12-11(5-25-16(12)30-18)10-2-3-31-14(4-10)13(7-28-31)17(32)26-8-15(20)21/h2-7,9,15H,8H2,1H3,(H,26,32)(H2,25,27,29,30). The van der Waals surface area contributed by atoms with Crippen molar-refractivity contribution < 1.29 is 26.7 Å². The number of aromatic nitrogens is 5. The van der Waals surface area contributed by atoms with Gasteiger partial charge < -0.3 is 15.6 Å². The molecule has 0 saturated carbocycles. The van der Waals surface area contributed by atoms with Gasteiger partial charge in [0.05, 0.1) is 23.8 Å². The smallest absolute Gasteiger partial charge is 0.346 e. The normalized spacial score (nSPS) is 13.1. The maximum Gasteiger partial charge on any atom is 0.408 e. The van der Waals surface area contributed by atoms with E-state index in [-0.39, 0.29) is 11.5 Å². The molecule has 4 aromatic heterocycles. The van der Waals surface area contributed by atoms with Crippen LogP contribution in [-0.4, -0.2) is 55.7 Å². The first-order valence-corrected chi connectivity index (χ1v) is 9.35. The minimum absolute atomic E-state index is 0.121. The van der Waals surface area contributed by atoms with Gasteiger partial charge in [-0.15, -0.1) is 0 Å². The molecule has 0 aromatic carbocycles. The van der Waals surface area contributed by atoms with Crippen molar-refractivity contribution in [1.29, 1.82) is 0 Å². The van der Waals surface area contributed by atoms with E-state index in [2.05, 4.69) is 30.7 Å². The van der Waals surface area contributed by atoms with Crippen LogP contribution in [0.2, 0.25) is 0 Å². The first-order valence-electron chi connectivity index (χ1n) is 9.35. The third-order valence-electron chi connectivity index (χ3n) is 4.76. The molecule has 0 bridgehead atoms. The van der Waals surface area contributed by atoms with Crippen LogP contribution < -0.4 is 10.6 Å². The quantitative estimate of drug-likeness (QED) is 0.387. The molecule has 0 aliphatic carbocycles. The molecule has 1 unspecified atom stereocenters. The van der Waals surface area contributed by atoms with E-state index in [4.69, 9.17) is 0 Å². The number of fused-ring (bicyclic) bond motifs is 2. The molecule has 4 heterocycles. The summed E-state index contributed by atoms with van der Waals surface area (Å²) in [7, 11) is 0. The molecule has 0 spiro atoms. The van der Waals surface area contributed by atoms with Crippen molar-refractivity contribution in [2.75, 3.05) is 11.9 Å². The van der Waals surface area contributed by atoms with Crippen LogP contribution in [0.25, 0.3) is 27.7 Å². The van der Waals surface area contributed by atoms with Gasteiger partial charge in [-0.25, -0.2) is 18.3 Å². The van der Waals surface area contributed by atoms with Gasteiger partial charge in [-0.3, -0.25) is 4.79 Å². The van der Waals surface area contributed by atoms with E-state index in [1.165, 1.54) is 16.9 Å². The van der Waals surface area contributed by atoms with E-state index in [9.17, 15) is 26.7 Å². The summed E-state index contributed by atoms with van der Waals surface area (Å²) in [5, 5.41) is 8.93. The molecule has 32 heavy (non-hydrogen) atoms. The third-order valence-corrected chi connectivity index (χ3v) is 4.76. The SMILES string of the molecule is CC(Nc1ncc2c(-c3ccn4ncc(C(=O)NCC(F)F)c4c3)c[nH]c2n1)C(F)(F)F. The first kappa shape index (κ1) is 21.5. The van der Waals surface area contributed by atoms with Gasteiger partial charge in [0.15, 0.2) is 0 Å². The van der Waals surface area contributed by atoms with Gasteiger partial charge in [0.1, 0.15) is 11.7 Å². The molecule has 4 aromatic rings. The number of rotatable bonds is 6. The predicted octanol–water partition coefficient (Wildman–Crippen LogP) is 3.63. The molecule has 3 N–H and O–H groups in total. The first-order chi connectivity index (χ1) is 15.1. The van der Waals surface area contributed by atoms with Crippen LogP contribution in [-0.2, 0) is 0 Å². The maximum absolute atomic E-state index is 12.8. The summed E-state index contributed by atoms with van der Waals surface area (Å²) in [4.78, 5) is 23.2. The van der Waals surface area contributed by atoms with Gasteiger partial charge in [0.25, 0.3) is 12.3 Å². The average molecular weight is 453 g/mol. The molecule has 0 aliphatic heterocycles. The monoisotopic (exact) mass is 453 g/mol. The summed E-state index contributed by atoms with van der Waals surface area (Å²) in [6.45, 7) is 0.183. The van der Waals surface area contributed by atoms with Gasteiger partial charge in [-0.05, 0) is 24.6 Å². The minimum Gasteiger partial charge on any atom is -0.346 e. The number of nitrogens with zero attached hydrogens (tertiary/aromatic N) is 4. The molecule has 4 rings (SSSR count).